The van der Waals surface area contributed by atoms with Gasteiger partial charge in [0.1, 0.15) is 17.2 Å². The molecule has 4 nitrogen and oxygen atoms in total. The maximum Gasteiger partial charge on any atom is 0.151 e. The van der Waals surface area contributed by atoms with Gasteiger partial charge >= 0.3 is 0 Å². The molecule has 1 heterocycles. The van der Waals surface area contributed by atoms with Crippen LogP contribution in [0.5, 0.6) is 0 Å². The van der Waals surface area contributed by atoms with Crippen LogP contribution in [0.4, 0.5) is 11.6 Å². The van der Waals surface area contributed by atoms with Gasteiger partial charge in [0.25, 0.3) is 0 Å². The maximum atomic E-state index is 5.81. The number of anilines is 2. The maximum absolute atomic E-state index is 5.81. The topological polar surface area (TPSA) is 63.8 Å². The van der Waals surface area contributed by atoms with Gasteiger partial charge in [0.05, 0.1) is 6.04 Å². The minimum atomic E-state index is -0.146. The molecule has 0 fully saturated rings. The predicted octanol–water partition coefficient (Wildman–Crippen LogP) is 1.15. The lowest BCUT2D eigenvalue weighted by Gasteiger charge is -2.09. The first-order valence-electron chi connectivity index (χ1n) is 3.63. The fourth-order valence-corrected chi connectivity index (χ4v) is 0.883. The van der Waals surface area contributed by atoms with Crippen molar-refractivity contribution in [3.05, 3.63) is 11.3 Å². The summed E-state index contributed by atoms with van der Waals surface area (Å²) < 4.78 is 0. The van der Waals surface area contributed by atoms with E-state index < -0.39 is 0 Å². The van der Waals surface area contributed by atoms with Crippen molar-refractivity contribution in [2.75, 3.05) is 11.1 Å². The van der Waals surface area contributed by atoms with Crippen LogP contribution in [0.15, 0.2) is 6.33 Å². The number of halogens is 1. The zero-order chi connectivity index (χ0) is 9.84. The zero-order valence-electron chi connectivity index (χ0n) is 7.08. The van der Waals surface area contributed by atoms with Gasteiger partial charge in [0.2, 0.25) is 0 Å². The average molecular weight is 197 g/mol. The number of nitrogens with zero attached hydrogens (tertiary/aromatic N) is 2. The Bertz CT molecular complexity index is 344. The van der Waals surface area contributed by atoms with E-state index >= 15 is 0 Å². The summed E-state index contributed by atoms with van der Waals surface area (Å²) in [5.74, 6) is 3.19. The Hall–Kier alpha value is -1.47. The molecule has 0 saturated carbocycles. The average Bonchev–Trinajstić information content (AvgIpc) is 2.13. The molecule has 68 valence electrons. The third-order valence-corrected chi connectivity index (χ3v) is 1.79. The molecule has 0 spiro atoms. The Morgan fingerprint density at radius 3 is 3.00 bits per heavy atom. The van der Waals surface area contributed by atoms with Crippen LogP contribution in [0.3, 0.4) is 0 Å². The van der Waals surface area contributed by atoms with E-state index in [2.05, 4.69) is 21.2 Å². The van der Waals surface area contributed by atoms with Crippen LogP contribution in [-0.4, -0.2) is 16.0 Å². The number of hydrogen-bond acceptors (Lipinski definition) is 4. The van der Waals surface area contributed by atoms with Crippen molar-refractivity contribution >= 4 is 23.2 Å². The van der Waals surface area contributed by atoms with Crippen molar-refractivity contribution in [3.63, 3.8) is 0 Å². The van der Waals surface area contributed by atoms with Gasteiger partial charge in [0, 0.05) is 0 Å². The molecule has 3 N–H and O–H groups in total. The van der Waals surface area contributed by atoms with Crippen molar-refractivity contribution in [2.45, 2.75) is 13.0 Å². The molecule has 1 aromatic rings. The smallest absolute Gasteiger partial charge is 0.151 e. The highest BCUT2D eigenvalue weighted by Gasteiger charge is 2.07. The molecule has 1 unspecified atom stereocenters. The number of aromatic nitrogens is 2. The Kier molecular flexibility index (Phi) is 2.93. The van der Waals surface area contributed by atoms with Gasteiger partial charge in [0.15, 0.2) is 5.82 Å². The molecule has 0 bridgehead atoms. The lowest BCUT2D eigenvalue weighted by Crippen LogP contribution is -2.14. The van der Waals surface area contributed by atoms with Crippen LogP contribution in [-0.2, 0) is 0 Å². The van der Waals surface area contributed by atoms with Crippen molar-refractivity contribution in [1.82, 2.24) is 9.97 Å². The first-order valence-corrected chi connectivity index (χ1v) is 4.01. The van der Waals surface area contributed by atoms with Crippen molar-refractivity contribution in [3.8, 4) is 12.3 Å². The number of rotatable bonds is 2. The van der Waals surface area contributed by atoms with Crippen LogP contribution in [0.25, 0.3) is 0 Å². The molecule has 0 aliphatic heterocycles. The minimum absolute atomic E-state index is 0.146. The highest BCUT2D eigenvalue weighted by Crippen LogP contribution is 2.23. The van der Waals surface area contributed by atoms with Crippen molar-refractivity contribution < 1.29 is 0 Å². The molecule has 1 rings (SSSR count). The van der Waals surface area contributed by atoms with E-state index in [0.29, 0.717) is 10.8 Å². The quantitative estimate of drug-likeness (QED) is 0.697. The Balaban J connectivity index is 2.90. The number of nitrogens with two attached hydrogens (primary N) is 1. The van der Waals surface area contributed by atoms with E-state index in [1.54, 1.807) is 0 Å². The van der Waals surface area contributed by atoms with Gasteiger partial charge in [-0.05, 0) is 6.92 Å². The van der Waals surface area contributed by atoms with Gasteiger partial charge in [-0.1, -0.05) is 17.5 Å². The SMILES string of the molecule is C#CC(C)Nc1ncnc(N)c1Cl. The summed E-state index contributed by atoms with van der Waals surface area (Å²) in [6.07, 6.45) is 6.50. The highest BCUT2D eigenvalue weighted by molar-refractivity contribution is 6.35. The standard InChI is InChI=1S/C8H9ClN4/c1-3-5(2)13-8-6(9)7(10)11-4-12-8/h1,4-5H,2H3,(H3,10,11,12,13). The second-order valence-electron chi connectivity index (χ2n) is 2.45. The molecule has 0 saturated heterocycles. The minimum Gasteiger partial charge on any atom is -0.382 e. The largest absolute Gasteiger partial charge is 0.382 e. The van der Waals surface area contributed by atoms with Crippen molar-refractivity contribution in [2.24, 2.45) is 0 Å². The zero-order valence-corrected chi connectivity index (χ0v) is 7.84. The second kappa shape index (κ2) is 3.97. The van der Waals surface area contributed by atoms with E-state index in [4.69, 9.17) is 23.8 Å². The number of hydrogen-bond donors (Lipinski definition) is 2. The summed E-state index contributed by atoms with van der Waals surface area (Å²) in [5.41, 5.74) is 5.46. The summed E-state index contributed by atoms with van der Waals surface area (Å²) in [6.45, 7) is 1.81. The molecule has 1 atom stereocenters. The first kappa shape index (κ1) is 9.62. The van der Waals surface area contributed by atoms with Crippen LogP contribution < -0.4 is 11.1 Å². The van der Waals surface area contributed by atoms with Gasteiger partial charge in [-0.25, -0.2) is 9.97 Å². The summed E-state index contributed by atoms with van der Waals surface area (Å²) >= 11 is 5.81. The Morgan fingerprint density at radius 2 is 2.38 bits per heavy atom. The van der Waals surface area contributed by atoms with E-state index in [1.807, 2.05) is 6.92 Å². The number of nitrogens with one attached hydrogen (secondary N) is 1. The van der Waals surface area contributed by atoms with E-state index in [-0.39, 0.29) is 11.9 Å². The Morgan fingerprint density at radius 1 is 1.69 bits per heavy atom. The molecule has 0 radical (unpaired) electrons. The van der Waals surface area contributed by atoms with Crippen LogP contribution >= 0.6 is 11.6 Å². The van der Waals surface area contributed by atoms with Gasteiger partial charge in [-0.2, -0.15) is 0 Å². The molecular formula is C8H9ClN4. The van der Waals surface area contributed by atoms with E-state index in [9.17, 15) is 0 Å². The van der Waals surface area contributed by atoms with Crippen LogP contribution in [0.2, 0.25) is 5.02 Å². The predicted molar refractivity (Wildman–Crippen MR) is 53.4 cm³/mol. The summed E-state index contributed by atoms with van der Waals surface area (Å²) in [4.78, 5) is 7.61. The normalized spacial score (nSPS) is 11.8. The summed E-state index contributed by atoms with van der Waals surface area (Å²) in [6, 6.07) is -0.146. The van der Waals surface area contributed by atoms with Gasteiger partial charge in [-0.3, -0.25) is 0 Å². The molecule has 0 amide bonds. The van der Waals surface area contributed by atoms with Gasteiger partial charge < -0.3 is 11.1 Å². The first-order chi connectivity index (χ1) is 6.15. The summed E-state index contributed by atoms with van der Waals surface area (Å²) in [7, 11) is 0. The molecule has 1 aromatic heterocycles. The number of nitrogen functional groups attached to an aromatic ring is 1. The monoisotopic (exact) mass is 196 g/mol. The molecular weight excluding hydrogens is 188 g/mol. The van der Waals surface area contributed by atoms with Crippen LogP contribution in [0.1, 0.15) is 6.92 Å². The molecule has 13 heavy (non-hydrogen) atoms. The molecule has 0 aromatic carbocycles. The van der Waals surface area contributed by atoms with Crippen LogP contribution in [0, 0.1) is 12.3 Å². The van der Waals surface area contributed by atoms with E-state index in [1.165, 1.54) is 6.33 Å². The van der Waals surface area contributed by atoms with Crippen molar-refractivity contribution in [1.29, 1.82) is 0 Å². The van der Waals surface area contributed by atoms with Gasteiger partial charge in [-0.15, -0.1) is 6.42 Å². The molecule has 0 aliphatic carbocycles. The second-order valence-corrected chi connectivity index (χ2v) is 2.83. The Labute approximate surface area is 81.5 Å². The third kappa shape index (κ3) is 2.23. The number of terminal acetylenes is 1. The highest BCUT2D eigenvalue weighted by atomic mass is 35.5. The molecule has 0 aliphatic rings. The lowest BCUT2D eigenvalue weighted by atomic mass is 10.3. The van der Waals surface area contributed by atoms with E-state index in [0.717, 1.165) is 0 Å². The third-order valence-electron chi connectivity index (χ3n) is 1.42. The lowest BCUT2D eigenvalue weighted by molar-refractivity contribution is 1.01. The summed E-state index contributed by atoms with van der Waals surface area (Å²) in [5, 5.41) is 3.20. The fourth-order valence-electron chi connectivity index (χ4n) is 0.731. The fraction of sp³-hybridized carbons (Fsp3) is 0.250. The molecule has 5 heteroatoms.